The molecule has 6 nitrogen and oxygen atoms in total. The van der Waals surface area contributed by atoms with Crippen LogP contribution in [0.3, 0.4) is 0 Å². The minimum absolute atomic E-state index is 0.0706. The van der Waals surface area contributed by atoms with Crippen LogP contribution in [0.1, 0.15) is 310 Å². The highest BCUT2D eigenvalue weighted by atomic mass is 16.6. The van der Waals surface area contributed by atoms with Crippen LogP contribution in [0.15, 0.2) is 85.1 Å². The predicted octanol–water partition coefficient (Wildman–Crippen LogP) is 21.5. The van der Waals surface area contributed by atoms with Crippen molar-refractivity contribution < 1.29 is 28.6 Å². The Morgan fingerprint density at radius 3 is 0.824 bits per heavy atom. The summed E-state index contributed by atoms with van der Waals surface area (Å²) >= 11 is 0. The smallest absolute Gasteiger partial charge is 0.306 e. The second-order valence-electron chi connectivity index (χ2n) is 21.0. The molecule has 0 heterocycles. The molecular formula is C68H118O6. The normalized spacial score (nSPS) is 12.6. The molecular weight excluding hydrogens is 913 g/mol. The van der Waals surface area contributed by atoms with Crippen molar-refractivity contribution >= 4 is 17.9 Å². The van der Waals surface area contributed by atoms with E-state index >= 15 is 0 Å². The van der Waals surface area contributed by atoms with Crippen LogP contribution in [0.25, 0.3) is 0 Å². The van der Waals surface area contributed by atoms with E-state index in [0.717, 1.165) is 103 Å². The number of rotatable bonds is 57. The number of hydrogen-bond acceptors (Lipinski definition) is 6. The predicted molar refractivity (Wildman–Crippen MR) is 321 cm³/mol. The van der Waals surface area contributed by atoms with Crippen LogP contribution in [0.2, 0.25) is 0 Å². The van der Waals surface area contributed by atoms with E-state index in [0.29, 0.717) is 19.3 Å². The molecule has 1 unspecified atom stereocenters. The molecule has 6 heteroatoms. The molecule has 0 spiro atoms. The molecule has 0 saturated carbocycles. The quantitative estimate of drug-likeness (QED) is 0.0261. The highest BCUT2D eigenvalue weighted by Gasteiger charge is 2.19. The Morgan fingerprint density at radius 2 is 0.527 bits per heavy atom. The highest BCUT2D eigenvalue weighted by Crippen LogP contribution is 2.17. The Morgan fingerprint density at radius 1 is 0.284 bits per heavy atom. The SMILES string of the molecule is CC/C=C\C/C=C\C/C=C\C/C=C\C/C=C\C/C=C\C/C=C\CCCCCCCCCCCCCCCC(=O)OCC(COC(=O)CCCCCCCCCCC)OC(=O)CCCCCCCCCCCCCC. The van der Waals surface area contributed by atoms with Crippen molar-refractivity contribution in [1.29, 1.82) is 0 Å². The summed E-state index contributed by atoms with van der Waals surface area (Å²) in [7, 11) is 0. The van der Waals surface area contributed by atoms with Crippen LogP contribution >= 0.6 is 0 Å². The summed E-state index contributed by atoms with van der Waals surface area (Å²) in [5.41, 5.74) is 0. The van der Waals surface area contributed by atoms with E-state index in [1.165, 1.54) is 167 Å². The second-order valence-corrected chi connectivity index (χ2v) is 21.0. The molecule has 0 aliphatic carbocycles. The molecule has 0 aromatic carbocycles. The van der Waals surface area contributed by atoms with E-state index in [1.54, 1.807) is 0 Å². The summed E-state index contributed by atoms with van der Waals surface area (Å²) in [4.78, 5) is 38.0. The van der Waals surface area contributed by atoms with Crippen molar-refractivity contribution in [3.63, 3.8) is 0 Å². The van der Waals surface area contributed by atoms with Gasteiger partial charge in [-0.05, 0) is 77.0 Å². The molecule has 0 aromatic rings. The van der Waals surface area contributed by atoms with Gasteiger partial charge in [0.2, 0.25) is 0 Å². The minimum atomic E-state index is -0.770. The first kappa shape index (κ1) is 70.6. The molecule has 0 aliphatic heterocycles. The second kappa shape index (κ2) is 62.1. The molecule has 0 aromatic heterocycles. The van der Waals surface area contributed by atoms with Crippen molar-refractivity contribution in [1.82, 2.24) is 0 Å². The van der Waals surface area contributed by atoms with Gasteiger partial charge in [-0.25, -0.2) is 0 Å². The van der Waals surface area contributed by atoms with Crippen LogP contribution in [0.5, 0.6) is 0 Å². The topological polar surface area (TPSA) is 78.9 Å². The molecule has 1 atom stereocenters. The van der Waals surface area contributed by atoms with Crippen molar-refractivity contribution in [3.05, 3.63) is 85.1 Å². The lowest BCUT2D eigenvalue weighted by Gasteiger charge is -2.18. The summed E-state index contributed by atoms with van der Waals surface area (Å²) in [5.74, 6) is -0.863. The first-order chi connectivity index (χ1) is 36.5. The summed E-state index contributed by atoms with van der Waals surface area (Å²) in [5, 5.41) is 0. The fourth-order valence-electron chi connectivity index (χ4n) is 8.95. The van der Waals surface area contributed by atoms with Gasteiger partial charge in [-0.15, -0.1) is 0 Å². The third kappa shape index (κ3) is 59.5. The number of hydrogen-bond donors (Lipinski definition) is 0. The molecule has 74 heavy (non-hydrogen) atoms. The van der Waals surface area contributed by atoms with Gasteiger partial charge in [0.05, 0.1) is 0 Å². The number of esters is 3. The lowest BCUT2D eigenvalue weighted by molar-refractivity contribution is -0.167. The van der Waals surface area contributed by atoms with Crippen LogP contribution < -0.4 is 0 Å². The molecule has 0 rings (SSSR count). The van der Waals surface area contributed by atoms with E-state index in [9.17, 15) is 14.4 Å². The number of allylic oxidation sites excluding steroid dienone is 14. The Hall–Kier alpha value is -3.41. The molecule has 0 N–H and O–H groups in total. The van der Waals surface area contributed by atoms with Gasteiger partial charge in [0, 0.05) is 19.3 Å². The lowest BCUT2D eigenvalue weighted by Crippen LogP contribution is -2.30. The number of ether oxygens (including phenoxy) is 3. The first-order valence-corrected chi connectivity index (χ1v) is 31.6. The van der Waals surface area contributed by atoms with Crippen molar-refractivity contribution in [3.8, 4) is 0 Å². The summed E-state index contributed by atoms with van der Waals surface area (Å²) in [6.45, 7) is 6.52. The first-order valence-electron chi connectivity index (χ1n) is 31.6. The third-order valence-corrected chi connectivity index (χ3v) is 13.7. The van der Waals surface area contributed by atoms with E-state index in [4.69, 9.17) is 14.2 Å². The Balaban J connectivity index is 4.04. The summed E-state index contributed by atoms with van der Waals surface area (Å²) in [6.07, 6.45) is 81.8. The van der Waals surface area contributed by atoms with Crippen LogP contribution in [-0.2, 0) is 28.6 Å². The van der Waals surface area contributed by atoms with Crippen LogP contribution in [0, 0.1) is 0 Å². The zero-order chi connectivity index (χ0) is 53.6. The zero-order valence-electron chi connectivity index (χ0n) is 48.8. The maximum absolute atomic E-state index is 12.8. The minimum Gasteiger partial charge on any atom is -0.462 e. The highest BCUT2D eigenvalue weighted by molar-refractivity contribution is 5.71. The fourth-order valence-corrected chi connectivity index (χ4v) is 8.95. The largest absolute Gasteiger partial charge is 0.462 e. The van der Waals surface area contributed by atoms with Gasteiger partial charge in [-0.3, -0.25) is 14.4 Å². The molecule has 426 valence electrons. The zero-order valence-corrected chi connectivity index (χ0v) is 48.8. The third-order valence-electron chi connectivity index (χ3n) is 13.7. The maximum atomic E-state index is 12.8. The molecule has 0 amide bonds. The van der Waals surface area contributed by atoms with Gasteiger partial charge in [0.1, 0.15) is 13.2 Å². The average Bonchev–Trinajstić information content (AvgIpc) is 3.40. The van der Waals surface area contributed by atoms with Crippen LogP contribution in [0.4, 0.5) is 0 Å². The van der Waals surface area contributed by atoms with Crippen molar-refractivity contribution in [2.24, 2.45) is 0 Å². The number of carbonyl (C=O) groups is 3. The number of carbonyl (C=O) groups excluding carboxylic acids is 3. The van der Waals surface area contributed by atoms with E-state index < -0.39 is 6.10 Å². The maximum Gasteiger partial charge on any atom is 0.306 e. The molecule has 0 bridgehead atoms. The Bertz CT molecular complexity index is 1420. The van der Waals surface area contributed by atoms with Crippen molar-refractivity contribution in [2.75, 3.05) is 13.2 Å². The number of unbranched alkanes of at least 4 members (excludes halogenated alkanes) is 32. The molecule has 0 fully saturated rings. The van der Waals surface area contributed by atoms with E-state index in [1.807, 2.05) is 0 Å². The van der Waals surface area contributed by atoms with Gasteiger partial charge in [0.25, 0.3) is 0 Å². The Kier molecular flexibility index (Phi) is 59.3. The fraction of sp³-hybridized carbons (Fsp3) is 0.750. The average molecular weight is 1030 g/mol. The Labute approximate surface area is 458 Å². The van der Waals surface area contributed by atoms with E-state index in [2.05, 4.69) is 106 Å². The van der Waals surface area contributed by atoms with Gasteiger partial charge in [0.15, 0.2) is 6.10 Å². The lowest BCUT2D eigenvalue weighted by atomic mass is 10.0. The van der Waals surface area contributed by atoms with Crippen molar-refractivity contribution in [2.45, 2.75) is 316 Å². The van der Waals surface area contributed by atoms with Gasteiger partial charge >= 0.3 is 17.9 Å². The standard InChI is InChI=1S/C68H118O6/c1-4-7-10-13-16-19-21-23-24-25-26-27-28-29-30-31-32-33-34-35-36-37-38-39-40-41-42-43-44-45-47-49-52-55-58-61-67(70)73-64-65(63-72-66(69)60-57-54-51-48-18-15-12-9-6-3)74-68(71)62-59-56-53-50-46-22-20-17-14-11-8-5-2/h7,10,16,19,23-24,26-27,29-30,32-33,35-36,65H,4-6,8-9,11-15,17-18,20-22,25,28,31,34,37-64H2,1-3H3/b10-7-,19-16-,24-23-,27-26-,30-29-,33-32-,36-35-. The molecule has 0 radical (unpaired) electrons. The van der Waals surface area contributed by atoms with Crippen LogP contribution in [-0.4, -0.2) is 37.2 Å². The summed E-state index contributed by atoms with van der Waals surface area (Å²) < 4.78 is 16.8. The van der Waals surface area contributed by atoms with Gasteiger partial charge in [-0.1, -0.05) is 298 Å². The molecule has 0 saturated heterocycles. The summed E-state index contributed by atoms with van der Waals surface area (Å²) in [6, 6.07) is 0. The van der Waals surface area contributed by atoms with Gasteiger partial charge < -0.3 is 14.2 Å². The molecule has 0 aliphatic rings. The monoisotopic (exact) mass is 1030 g/mol. The van der Waals surface area contributed by atoms with E-state index in [-0.39, 0.29) is 31.1 Å². The van der Waals surface area contributed by atoms with Gasteiger partial charge in [-0.2, -0.15) is 0 Å².